The lowest BCUT2D eigenvalue weighted by molar-refractivity contribution is 0.473. The molecular weight excluding hydrogens is 431 g/mol. The molecule has 6 nitrogen and oxygen atoms in total. The molecule has 0 amide bonds. The van der Waals surface area contributed by atoms with Crippen LogP contribution in [0.2, 0.25) is 0 Å². The van der Waals surface area contributed by atoms with E-state index in [0.717, 1.165) is 5.41 Å². The van der Waals surface area contributed by atoms with E-state index in [9.17, 15) is 17.6 Å². The first kappa shape index (κ1) is 23.4. The summed E-state index contributed by atoms with van der Waals surface area (Å²) in [5.74, 6) is 0.145. The van der Waals surface area contributed by atoms with Gasteiger partial charge in [-0.2, -0.15) is 5.10 Å². The van der Waals surface area contributed by atoms with Gasteiger partial charge in [-0.25, -0.2) is 17.5 Å². The Morgan fingerprint density at radius 1 is 1.16 bits per heavy atom. The summed E-state index contributed by atoms with van der Waals surface area (Å²) in [6, 6.07) is 9.44. The van der Waals surface area contributed by atoms with Gasteiger partial charge in [-0.05, 0) is 61.2 Å². The minimum atomic E-state index is -3.59. The van der Waals surface area contributed by atoms with Crippen LogP contribution in [0.5, 0.6) is 11.5 Å². The summed E-state index contributed by atoms with van der Waals surface area (Å²) in [6.07, 6.45) is 0.488. The second-order valence-corrected chi connectivity index (χ2v) is 9.52. The smallest absolute Gasteiger partial charge is 0.269 e. The van der Waals surface area contributed by atoms with Gasteiger partial charge in [-0.15, -0.1) is 0 Å². The number of ether oxygens (including phenoxy) is 1. The maximum atomic E-state index is 13.8. The summed E-state index contributed by atoms with van der Waals surface area (Å²) in [5.41, 5.74) is 2.82. The number of benzene rings is 2. The Balaban J connectivity index is 2.29. The van der Waals surface area contributed by atoms with Gasteiger partial charge in [0.05, 0.1) is 11.4 Å². The van der Waals surface area contributed by atoms with Crippen molar-refractivity contribution in [2.24, 2.45) is 7.05 Å². The highest BCUT2D eigenvalue weighted by atomic mass is 32.2. The van der Waals surface area contributed by atoms with Crippen LogP contribution in [-0.2, 0) is 29.1 Å². The topological polar surface area (TPSA) is 78.3 Å². The average molecular weight is 457 g/mol. The number of aryl methyl sites for hydroxylation is 4. The first-order valence-electron chi connectivity index (χ1n) is 10.1. The van der Waals surface area contributed by atoms with E-state index < -0.39 is 9.84 Å². The van der Waals surface area contributed by atoms with Crippen molar-refractivity contribution in [3.63, 3.8) is 0 Å². The molecule has 3 rings (SSSR count). The lowest BCUT2D eigenvalue weighted by Crippen LogP contribution is -2.23. The summed E-state index contributed by atoms with van der Waals surface area (Å²) in [4.78, 5) is 12.4. The van der Waals surface area contributed by atoms with Crippen LogP contribution < -0.4 is 10.3 Å². The van der Waals surface area contributed by atoms with Crippen LogP contribution in [0.3, 0.4) is 0 Å². The van der Waals surface area contributed by atoms with E-state index in [-0.39, 0.29) is 17.1 Å². The number of halogens is 1. The number of nitrogens with zero attached hydrogens (tertiary/aromatic N) is 2. The van der Waals surface area contributed by atoms with Gasteiger partial charge in [0.15, 0.2) is 9.84 Å². The molecule has 0 radical (unpaired) electrons. The number of hydrogen-bond donors (Lipinski definition) is 0. The van der Waals surface area contributed by atoms with Crippen LogP contribution >= 0.6 is 0 Å². The number of rotatable bonds is 7. The highest BCUT2D eigenvalue weighted by Gasteiger charge is 2.21. The molecule has 0 spiro atoms. The molecule has 1 heterocycles. The number of aromatic nitrogens is 2. The van der Waals surface area contributed by atoms with Crippen LogP contribution in [-0.4, -0.2) is 18.2 Å². The zero-order valence-corrected chi connectivity index (χ0v) is 19.3. The quantitative estimate of drug-likeness (QED) is 0.519. The van der Waals surface area contributed by atoms with Crippen LogP contribution in [0.4, 0.5) is 4.39 Å². The first-order chi connectivity index (χ1) is 15.1. The first-order valence-corrected chi connectivity index (χ1v) is 11.8. The molecule has 168 valence electrons. The van der Waals surface area contributed by atoms with Gasteiger partial charge in [0, 0.05) is 23.6 Å². The third-order valence-electron chi connectivity index (χ3n) is 5.13. The van der Waals surface area contributed by atoms with Crippen molar-refractivity contribution in [3.8, 4) is 22.8 Å². The Morgan fingerprint density at radius 2 is 1.81 bits per heavy atom. The van der Waals surface area contributed by atoms with Gasteiger partial charge >= 0.3 is 0 Å². The molecule has 0 atom stereocenters. The summed E-state index contributed by atoms with van der Waals surface area (Å²) < 4.78 is 45.9. The van der Waals surface area contributed by atoms with Crippen LogP contribution in [0.25, 0.3) is 11.3 Å². The minimum absolute atomic E-state index is 0.222. The Kier molecular flexibility index (Phi) is 6.64. The molecule has 2 aromatic carbocycles. The molecule has 0 saturated heterocycles. The van der Waals surface area contributed by atoms with Crippen molar-refractivity contribution in [3.05, 3.63) is 86.8 Å². The Labute approximate surface area is 186 Å². The molecule has 0 N–H and O–H groups in total. The monoisotopic (exact) mass is 456 g/mol. The molecule has 0 fully saturated rings. The second-order valence-electron chi connectivity index (χ2n) is 7.57. The fourth-order valence-corrected chi connectivity index (χ4v) is 4.35. The van der Waals surface area contributed by atoms with Crippen molar-refractivity contribution in [1.82, 2.24) is 9.78 Å². The standard InChI is InChI=1S/C24H25FN2O4S/c1-6-17-13-20(26-27(5)24(17)28)22-18(14-32(29,30)7-2)9-8-10-21(22)31-23-15(3)11-19(25)12-16(23)4/h7-13H,2,6,14H2,1,3-5H3. The predicted molar refractivity (Wildman–Crippen MR) is 123 cm³/mol. The third-order valence-corrected chi connectivity index (χ3v) is 6.36. The number of sulfone groups is 1. The molecule has 0 bridgehead atoms. The van der Waals surface area contributed by atoms with Crippen molar-refractivity contribution in [1.29, 1.82) is 0 Å². The normalized spacial score (nSPS) is 11.4. The van der Waals surface area contributed by atoms with E-state index in [1.807, 2.05) is 6.92 Å². The maximum Gasteiger partial charge on any atom is 0.269 e. The number of hydrogen-bond acceptors (Lipinski definition) is 5. The minimum Gasteiger partial charge on any atom is -0.456 e. The van der Waals surface area contributed by atoms with Crippen LogP contribution in [0.1, 0.15) is 29.2 Å². The SMILES string of the molecule is C=CS(=O)(=O)Cc1cccc(Oc2c(C)cc(F)cc2C)c1-c1cc(CC)c(=O)n(C)n1. The summed E-state index contributed by atoms with van der Waals surface area (Å²) in [5, 5.41) is 5.28. The molecule has 0 unspecified atom stereocenters. The summed E-state index contributed by atoms with van der Waals surface area (Å²) in [6.45, 7) is 8.71. The highest BCUT2D eigenvalue weighted by Crippen LogP contribution is 2.38. The second kappa shape index (κ2) is 9.08. The molecule has 32 heavy (non-hydrogen) atoms. The van der Waals surface area contributed by atoms with E-state index in [2.05, 4.69) is 11.7 Å². The lowest BCUT2D eigenvalue weighted by Gasteiger charge is -2.18. The average Bonchev–Trinajstić information content (AvgIpc) is 2.72. The van der Waals surface area contributed by atoms with Gasteiger partial charge in [-0.1, -0.05) is 25.6 Å². The molecule has 0 aliphatic heterocycles. The molecular formula is C24H25FN2O4S. The zero-order chi connectivity index (χ0) is 23.6. The zero-order valence-electron chi connectivity index (χ0n) is 18.5. The molecule has 0 aliphatic rings. The van der Waals surface area contributed by atoms with Crippen molar-refractivity contribution < 1.29 is 17.5 Å². The van der Waals surface area contributed by atoms with Crippen LogP contribution in [0.15, 0.2) is 53.2 Å². The van der Waals surface area contributed by atoms with Crippen molar-refractivity contribution in [2.75, 3.05) is 0 Å². The van der Waals surface area contributed by atoms with E-state index in [1.54, 1.807) is 45.2 Å². The molecule has 0 aliphatic carbocycles. The van der Waals surface area contributed by atoms with Crippen molar-refractivity contribution in [2.45, 2.75) is 32.9 Å². The molecule has 0 saturated carbocycles. The fourth-order valence-electron chi connectivity index (χ4n) is 3.56. The summed E-state index contributed by atoms with van der Waals surface area (Å²) >= 11 is 0. The molecule has 3 aromatic rings. The van der Waals surface area contributed by atoms with Crippen molar-refractivity contribution >= 4 is 9.84 Å². The summed E-state index contributed by atoms with van der Waals surface area (Å²) in [7, 11) is -2.04. The van der Waals surface area contributed by atoms with Gasteiger partial charge in [0.2, 0.25) is 0 Å². The van der Waals surface area contributed by atoms with Crippen LogP contribution in [0, 0.1) is 19.7 Å². The fraction of sp³-hybridized carbons (Fsp3) is 0.250. The maximum absolute atomic E-state index is 13.8. The van der Waals surface area contributed by atoms with E-state index in [4.69, 9.17) is 4.74 Å². The van der Waals surface area contributed by atoms with E-state index in [1.165, 1.54) is 16.8 Å². The van der Waals surface area contributed by atoms with E-state index >= 15 is 0 Å². The van der Waals surface area contributed by atoms with Gasteiger partial charge in [-0.3, -0.25) is 4.79 Å². The molecule has 8 heteroatoms. The largest absolute Gasteiger partial charge is 0.456 e. The Morgan fingerprint density at radius 3 is 2.41 bits per heavy atom. The third kappa shape index (κ3) is 4.80. The van der Waals surface area contributed by atoms with Gasteiger partial charge in [0.1, 0.15) is 17.3 Å². The Bertz CT molecular complexity index is 1340. The van der Waals surface area contributed by atoms with Gasteiger partial charge < -0.3 is 4.74 Å². The van der Waals surface area contributed by atoms with E-state index in [0.29, 0.717) is 51.4 Å². The predicted octanol–water partition coefficient (Wildman–Crippen LogP) is 4.62. The molecule has 1 aromatic heterocycles. The Hall–Kier alpha value is -3.26. The van der Waals surface area contributed by atoms with Gasteiger partial charge in [0.25, 0.3) is 5.56 Å². The lowest BCUT2D eigenvalue weighted by atomic mass is 10.0. The highest BCUT2D eigenvalue weighted by molar-refractivity contribution is 7.93.